The molecule has 1 aromatic heterocycles. The number of carbonyl (C=O) groups excluding carboxylic acids is 1. The fourth-order valence-corrected chi connectivity index (χ4v) is 1.69. The number of nitrogens with one attached hydrogen (secondary N) is 1. The molecule has 1 amide bonds. The molecule has 0 saturated carbocycles. The summed E-state index contributed by atoms with van der Waals surface area (Å²) in [6, 6.07) is 6.68. The largest absolute Gasteiger partial charge is 0.420 e. The summed E-state index contributed by atoms with van der Waals surface area (Å²) < 4.78 is 6.20. The first-order valence-electron chi connectivity index (χ1n) is 5.64. The average molecular weight is 260 g/mol. The zero-order valence-electron chi connectivity index (χ0n) is 10.0. The molecule has 0 aliphatic rings. The molecule has 19 heavy (non-hydrogen) atoms. The molecule has 0 aliphatic heterocycles. The van der Waals surface area contributed by atoms with Crippen LogP contribution in [0.2, 0.25) is 0 Å². The van der Waals surface area contributed by atoms with E-state index in [1.165, 1.54) is 4.57 Å². The fourth-order valence-electron chi connectivity index (χ4n) is 1.69. The third-order valence-electron chi connectivity index (χ3n) is 2.55. The summed E-state index contributed by atoms with van der Waals surface area (Å²) in [5.41, 5.74) is 6.97. The lowest BCUT2D eigenvalue weighted by molar-refractivity contribution is -0.121. The van der Waals surface area contributed by atoms with Crippen LogP contribution in [0.25, 0.3) is 11.1 Å². The lowest BCUT2D eigenvalue weighted by atomic mass is 10.3. The lowest BCUT2D eigenvalue weighted by Gasteiger charge is -2.03. The van der Waals surface area contributed by atoms with Crippen LogP contribution in [0.4, 0.5) is 5.69 Å². The molecule has 0 unspecified atom stereocenters. The number of nitrogens with two attached hydrogens (primary N) is 1. The number of nitrogens with zero attached hydrogens (tertiary/aromatic N) is 2. The van der Waals surface area contributed by atoms with Gasteiger partial charge in [0, 0.05) is 12.2 Å². The van der Waals surface area contributed by atoms with Gasteiger partial charge in [0.05, 0.1) is 18.0 Å². The summed E-state index contributed by atoms with van der Waals surface area (Å²) in [6.45, 7) is 0.0860. The van der Waals surface area contributed by atoms with Gasteiger partial charge in [-0.05, 0) is 18.2 Å². The maximum absolute atomic E-state index is 11.6. The van der Waals surface area contributed by atoms with Crippen LogP contribution in [0, 0.1) is 11.3 Å². The van der Waals surface area contributed by atoms with Gasteiger partial charge in [0.1, 0.15) is 6.54 Å². The minimum absolute atomic E-state index is 0.166. The lowest BCUT2D eigenvalue weighted by Crippen LogP contribution is -2.31. The zero-order valence-corrected chi connectivity index (χ0v) is 10.0. The Morgan fingerprint density at radius 2 is 2.32 bits per heavy atom. The van der Waals surface area contributed by atoms with Gasteiger partial charge < -0.3 is 15.5 Å². The average Bonchev–Trinajstić information content (AvgIpc) is 2.66. The van der Waals surface area contributed by atoms with Crippen molar-refractivity contribution in [1.82, 2.24) is 9.88 Å². The standard InChI is InChI=1S/C12H12N4O3/c13-4-1-5-15-11(17)7-16-9-6-8(14)2-3-10(9)19-12(16)18/h2-3,6H,1,5,7,14H2,(H,15,17). The molecule has 2 rings (SSSR count). The molecular weight excluding hydrogens is 248 g/mol. The van der Waals surface area contributed by atoms with Crippen LogP contribution in [-0.4, -0.2) is 17.0 Å². The maximum Gasteiger partial charge on any atom is 0.420 e. The van der Waals surface area contributed by atoms with E-state index in [4.69, 9.17) is 15.4 Å². The van der Waals surface area contributed by atoms with E-state index in [0.717, 1.165) is 0 Å². The van der Waals surface area contributed by atoms with Crippen molar-refractivity contribution >= 4 is 22.7 Å². The Bertz CT molecular complexity index is 708. The molecule has 0 spiro atoms. The van der Waals surface area contributed by atoms with Gasteiger partial charge in [-0.3, -0.25) is 9.36 Å². The number of rotatable bonds is 4. The number of nitriles is 1. The molecular formula is C12H12N4O3. The normalized spacial score (nSPS) is 10.3. The number of benzene rings is 1. The van der Waals surface area contributed by atoms with Crippen LogP contribution in [-0.2, 0) is 11.3 Å². The Kier molecular flexibility index (Phi) is 3.52. The van der Waals surface area contributed by atoms with Gasteiger partial charge in [0.15, 0.2) is 5.58 Å². The van der Waals surface area contributed by atoms with E-state index in [1.54, 1.807) is 18.2 Å². The Labute approximate surface area is 108 Å². The number of anilines is 1. The number of oxazole rings is 1. The smallest absolute Gasteiger partial charge is 0.408 e. The molecule has 98 valence electrons. The second kappa shape index (κ2) is 5.27. The second-order valence-corrected chi connectivity index (χ2v) is 3.94. The predicted molar refractivity (Wildman–Crippen MR) is 68.1 cm³/mol. The molecule has 0 radical (unpaired) electrons. The summed E-state index contributed by atoms with van der Waals surface area (Å²) in [7, 11) is 0. The van der Waals surface area contributed by atoms with Crippen LogP contribution >= 0.6 is 0 Å². The number of nitrogen functional groups attached to an aromatic ring is 1. The van der Waals surface area contributed by atoms with Gasteiger partial charge in [-0.1, -0.05) is 0 Å². The third kappa shape index (κ3) is 2.74. The Morgan fingerprint density at radius 3 is 3.05 bits per heavy atom. The molecule has 3 N–H and O–H groups in total. The van der Waals surface area contributed by atoms with E-state index in [-0.39, 0.29) is 25.4 Å². The number of hydrogen-bond acceptors (Lipinski definition) is 5. The van der Waals surface area contributed by atoms with E-state index in [2.05, 4.69) is 5.32 Å². The minimum Gasteiger partial charge on any atom is -0.408 e. The number of fused-ring (bicyclic) bond motifs is 1. The van der Waals surface area contributed by atoms with Crippen molar-refractivity contribution in [3.8, 4) is 6.07 Å². The first-order valence-corrected chi connectivity index (χ1v) is 5.64. The maximum atomic E-state index is 11.6. The van der Waals surface area contributed by atoms with Crippen LogP contribution in [0.5, 0.6) is 0 Å². The molecule has 0 bridgehead atoms. The Hall–Kier alpha value is -2.75. The Balaban J connectivity index is 2.23. The number of aromatic nitrogens is 1. The van der Waals surface area contributed by atoms with Crippen molar-refractivity contribution in [1.29, 1.82) is 5.26 Å². The van der Waals surface area contributed by atoms with Crippen molar-refractivity contribution in [2.75, 3.05) is 12.3 Å². The summed E-state index contributed by atoms with van der Waals surface area (Å²) >= 11 is 0. The molecule has 7 heteroatoms. The van der Waals surface area contributed by atoms with Crippen LogP contribution in [0.1, 0.15) is 6.42 Å². The molecule has 7 nitrogen and oxygen atoms in total. The van der Waals surface area contributed by atoms with E-state index in [9.17, 15) is 9.59 Å². The summed E-state index contributed by atoms with van der Waals surface area (Å²) in [6.07, 6.45) is 0.222. The topological polar surface area (TPSA) is 114 Å². The number of carbonyl (C=O) groups is 1. The van der Waals surface area contributed by atoms with Crippen LogP contribution in [0.15, 0.2) is 27.4 Å². The number of hydrogen-bond donors (Lipinski definition) is 2. The van der Waals surface area contributed by atoms with Gasteiger partial charge in [-0.25, -0.2) is 4.79 Å². The van der Waals surface area contributed by atoms with Crippen LogP contribution < -0.4 is 16.8 Å². The van der Waals surface area contributed by atoms with Crippen molar-refractivity contribution < 1.29 is 9.21 Å². The first kappa shape index (κ1) is 12.7. The highest BCUT2D eigenvalue weighted by atomic mass is 16.4. The SMILES string of the molecule is N#CCCNC(=O)Cn1c(=O)oc2ccc(N)cc21. The summed E-state index contributed by atoms with van der Waals surface area (Å²) in [5, 5.41) is 10.9. The highest BCUT2D eigenvalue weighted by Crippen LogP contribution is 2.15. The first-order chi connectivity index (χ1) is 9.11. The molecule has 1 aromatic carbocycles. The molecule has 0 fully saturated rings. The highest BCUT2D eigenvalue weighted by molar-refractivity contribution is 5.81. The van der Waals surface area contributed by atoms with Gasteiger partial charge in [-0.2, -0.15) is 5.26 Å². The highest BCUT2D eigenvalue weighted by Gasteiger charge is 2.12. The predicted octanol–water partition coefficient (Wildman–Crippen LogP) is 0.207. The monoisotopic (exact) mass is 260 g/mol. The Morgan fingerprint density at radius 1 is 1.53 bits per heavy atom. The second-order valence-electron chi connectivity index (χ2n) is 3.94. The van der Waals surface area contributed by atoms with Crippen molar-refractivity contribution in [3.63, 3.8) is 0 Å². The summed E-state index contributed by atoms with van der Waals surface area (Å²) in [4.78, 5) is 23.3. The van der Waals surface area contributed by atoms with Crippen molar-refractivity contribution in [3.05, 3.63) is 28.7 Å². The van der Waals surface area contributed by atoms with Crippen molar-refractivity contribution in [2.45, 2.75) is 13.0 Å². The molecule has 0 atom stereocenters. The molecule has 0 saturated heterocycles. The van der Waals surface area contributed by atoms with E-state index < -0.39 is 5.76 Å². The molecule has 1 heterocycles. The summed E-state index contributed by atoms with van der Waals surface area (Å²) in [5.74, 6) is -0.974. The zero-order chi connectivity index (χ0) is 13.8. The molecule has 2 aromatic rings. The molecule has 0 aliphatic carbocycles. The van der Waals surface area contributed by atoms with Gasteiger partial charge in [0.25, 0.3) is 0 Å². The third-order valence-corrected chi connectivity index (χ3v) is 2.55. The number of amides is 1. The fraction of sp³-hybridized carbons (Fsp3) is 0.250. The van der Waals surface area contributed by atoms with E-state index in [0.29, 0.717) is 16.8 Å². The van der Waals surface area contributed by atoms with Crippen molar-refractivity contribution in [2.24, 2.45) is 0 Å². The quantitative estimate of drug-likeness (QED) is 0.602. The minimum atomic E-state index is -0.615. The van der Waals surface area contributed by atoms with Gasteiger partial charge in [-0.15, -0.1) is 0 Å². The van der Waals surface area contributed by atoms with E-state index >= 15 is 0 Å². The van der Waals surface area contributed by atoms with Crippen LogP contribution in [0.3, 0.4) is 0 Å². The van der Waals surface area contributed by atoms with Gasteiger partial charge >= 0.3 is 5.76 Å². The van der Waals surface area contributed by atoms with E-state index in [1.807, 2.05) is 6.07 Å². The van der Waals surface area contributed by atoms with Gasteiger partial charge in [0.2, 0.25) is 5.91 Å².